The summed E-state index contributed by atoms with van der Waals surface area (Å²) in [5.41, 5.74) is 1.40. The molecule has 0 radical (unpaired) electrons. The van der Waals surface area contributed by atoms with E-state index in [9.17, 15) is 9.59 Å². The van der Waals surface area contributed by atoms with Gasteiger partial charge < -0.3 is 19.7 Å². The minimum atomic E-state index is -0.598. The van der Waals surface area contributed by atoms with Crippen molar-refractivity contribution in [2.45, 2.75) is 38.8 Å². The highest BCUT2D eigenvalue weighted by atomic mass is 16.7. The number of fused-ring (bicyclic) bond motifs is 1. The van der Waals surface area contributed by atoms with Gasteiger partial charge in [-0.2, -0.15) is 0 Å². The third-order valence-corrected chi connectivity index (χ3v) is 5.81. The predicted molar refractivity (Wildman–Crippen MR) is 108 cm³/mol. The first-order valence-corrected chi connectivity index (χ1v) is 9.92. The second-order valence-electron chi connectivity index (χ2n) is 8.22. The van der Waals surface area contributed by atoms with Gasteiger partial charge in [0.15, 0.2) is 11.5 Å². The summed E-state index contributed by atoms with van der Waals surface area (Å²) in [6.07, 6.45) is 0.236. The molecule has 2 heterocycles. The molecule has 2 unspecified atom stereocenters. The van der Waals surface area contributed by atoms with E-state index in [0.29, 0.717) is 18.0 Å². The maximum absolute atomic E-state index is 13.0. The molecule has 2 atom stereocenters. The van der Waals surface area contributed by atoms with Crippen molar-refractivity contribution in [2.75, 3.05) is 13.3 Å². The van der Waals surface area contributed by atoms with Crippen molar-refractivity contribution >= 4 is 11.8 Å². The summed E-state index contributed by atoms with van der Waals surface area (Å²) in [6, 6.07) is 15.5. The zero-order chi connectivity index (χ0) is 20.6. The van der Waals surface area contributed by atoms with E-state index >= 15 is 0 Å². The number of nitrogens with one attached hydrogen (secondary N) is 1. The van der Waals surface area contributed by atoms with Gasteiger partial charge in [-0.15, -0.1) is 0 Å². The second-order valence-corrected chi connectivity index (χ2v) is 8.22. The molecule has 1 N–H and O–H groups in total. The average molecular weight is 394 g/mol. The maximum Gasteiger partial charge on any atom is 0.231 e. The van der Waals surface area contributed by atoms with Crippen LogP contribution in [0.1, 0.15) is 44.4 Å². The summed E-state index contributed by atoms with van der Waals surface area (Å²) < 4.78 is 10.8. The standard InChI is InChI=1S/C23H26N2O4/c1-15(16-7-5-4-6-8-16)25-13-17(11-21(25)26)22(27)24-23(2,3)18-9-10-19-20(12-18)29-14-28-19/h4-10,12,15,17H,11,13-14H2,1-3H3,(H,24,27). The SMILES string of the molecule is CC(c1ccccc1)N1CC(C(=O)NC(C)(C)c2ccc3c(c2)OCO3)CC1=O. The lowest BCUT2D eigenvalue weighted by Crippen LogP contribution is -2.44. The van der Waals surface area contributed by atoms with Gasteiger partial charge in [0.25, 0.3) is 0 Å². The van der Waals surface area contributed by atoms with Crippen LogP contribution < -0.4 is 14.8 Å². The highest BCUT2D eigenvalue weighted by molar-refractivity contribution is 5.89. The Kier molecular flexibility index (Phi) is 4.94. The van der Waals surface area contributed by atoms with Crippen LogP contribution in [0.4, 0.5) is 0 Å². The molecule has 2 amide bonds. The molecule has 0 spiro atoms. The molecule has 1 saturated heterocycles. The number of nitrogens with zero attached hydrogens (tertiary/aromatic N) is 1. The lowest BCUT2D eigenvalue weighted by atomic mass is 9.92. The van der Waals surface area contributed by atoms with Crippen molar-refractivity contribution in [1.82, 2.24) is 10.2 Å². The van der Waals surface area contributed by atoms with E-state index in [0.717, 1.165) is 11.1 Å². The summed E-state index contributed by atoms with van der Waals surface area (Å²) in [7, 11) is 0. The Morgan fingerprint density at radius 1 is 1.14 bits per heavy atom. The monoisotopic (exact) mass is 394 g/mol. The molecule has 2 aromatic rings. The fraction of sp³-hybridized carbons (Fsp3) is 0.391. The Labute approximate surface area is 170 Å². The van der Waals surface area contributed by atoms with Crippen LogP contribution in [-0.2, 0) is 15.1 Å². The first-order chi connectivity index (χ1) is 13.8. The normalized spacial score (nSPS) is 19.3. The van der Waals surface area contributed by atoms with E-state index in [1.54, 1.807) is 4.90 Å². The van der Waals surface area contributed by atoms with Gasteiger partial charge in [0.2, 0.25) is 18.6 Å². The van der Waals surface area contributed by atoms with Crippen molar-refractivity contribution < 1.29 is 19.1 Å². The van der Waals surface area contributed by atoms with E-state index in [2.05, 4.69) is 5.32 Å². The van der Waals surface area contributed by atoms with Gasteiger partial charge in [-0.1, -0.05) is 36.4 Å². The topological polar surface area (TPSA) is 67.9 Å². The molecule has 4 rings (SSSR count). The van der Waals surface area contributed by atoms with Crippen molar-refractivity contribution in [3.63, 3.8) is 0 Å². The largest absolute Gasteiger partial charge is 0.454 e. The first-order valence-electron chi connectivity index (χ1n) is 9.92. The molecular weight excluding hydrogens is 368 g/mol. The molecule has 2 aromatic carbocycles. The number of ether oxygens (including phenoxy) is 2. The number of rotatable bonds is 5. The van der Waals surface area contributed by atoms with E-state index in [1.807, 2.05) is 69.3 Å². The van der Waals surface area contributed by atoms with Crippen LogP contribution in [-0.4, -0.2) is 30.1 Å². The van der Waals surface area contributed by atoms with Crippen LogP contribution in [0.3, 0.4) is 0 Å². The fourth-order valence-electron chi connectivity index (χ4n) is 3.96. The number of carbonyl (C=O) groups excluding carboxylic acids is 2. The van der Waals surface area contributed by atoms with E-state index in [-0.39, 0.29) is 37.0 Å². The third kappa shape index (κ3) is 3.79. The minimum absolute atomic E-state index is 0.0161. The third-order valence-electron chi connectivity index (χ3n) is 5.81. The van der Waals surface area contributed by atoms with Crippen LogP contribution in [0.25, 0.3) is 0 Å². The van der Waals surface area contributed by atoms with Crippen molar-refractivity contribution in [2.24, 2.45) is 5.92 Å². The molecule has 0 bridgehead atoms. The fourth-order valence-corrected chi connectivity index (χ4v) is 3.96. The Morgan fingerprint density at radius 3 is 2.62 bits per heavy atom. The van der Waals surface area contributed by atoms with Gasteiger partial charge >= 0.3 is 0 Å². The Bertz CT molecular complexity index is 926. The quantitative estimate of drug-likeness (QED) is 0.844. The van der Waals surface area contributed by atoms with Gasteiger partial charge in [0.05, 0.1) is 17.5 Å². The highest BCUT2D eigenvalue weighted by Gasteiger charge is 2.38. The van der Waals surface area contributed by atoms with E-state index in [4.69, 9.17) is 9.47 Å². The summed E-state index contributed by atoms with van der Waals surface area (Å²) in [4.78, 5) is 27.4. The van der Waals surface area contributed by atoms with Crippen molar-refractivity contribution in [1.29, 1.82) is 0 Å². The van der Waals surface area contributed by atoms with Crippen LogP contribution in [0, 0.1) is 5.92 Å². The molecule has 0 saturated carbocycles. The second kappa shape index (κ2) is 7.43. The van der Waals surface area contributed by atoms with Gasteiger partial charge in [-0.05, 0) is 44.0 Å². The van der Waals surface area contributed by atoms with E-state index < -0.39 is 5.54 Å². The number of hydrogen-bond acceptors (Lipinski definition) is 4. The summed E-state index contributed by atoms with van der Waals surface area (Å²) in [5, 5.41) is 3.11. The Morgan fingerprint density at radius 2 is 1.86 bits per heavy atom. The molecule has 29 heavy (non-hydrogen) atoms. The minimum Gasteiger partial charge on any atom is -0.454 e. The zero-order valence-corrected chi connectivity index (χ0v) is 17.0. The van der Waals surface area contributed by atoms with Crippen LogP contribution in [0.15, 0.2) is 48.5 Å². The number of likely N-dealkylation sites (tertiary alicyclic amines) is 1. The lowest BCUT2D eigenvalue weighted by molar-refractivity contribution is -0.130. The molecular formula is C23H26N2O4. The van der Waals surface area contributed by atoms with E-state index in [1.165, 1.54) is 0 Å². The molecule has 1 fully saturated rings. The zero-order valence-electron chi connectivity index (χ0n) is 17.0. The molecule has 2 aliphatic rings. The summed E-state index contributed by atoms with van der Waals surface area (Å²) >= 11 is 0. The maximum atomic E-state index is 13.0. The average Bonchev–Trinajstić information content (AvgIpc) is 3.33. The molecule has 0 aliphatic carbocycles. The lowest BCUT2D eigenvalue weighted by Gasteiger charge is -2.29. The number of hydrogen-bond donors (Lipinski definition) is 1. The van der Waals surface area contributed by atoms with Gasteiger partial charge in [0, 0.05) is 13.0 Å². The Hall–Kier alpha value is -3.02. The van der Waals surface area contributed by atoms with Crippen molar-refractivity contribution in [3.8, 4) is 11.5 Å². The number of benzene rings is 2. The van der Waals surface area contributed by atoms with Gasteiger partial charge in [0.1, 0.15) is 0 Å². The summed E-state index contributed by atoms with van der Waals surface area (Å²) in [6.45, 7) is 6.54. The highest BCUT2D eigenvalue weighted by Crippen LogP contribution is 2.36. The number of amides is 2. The molecule has 6 heteroatoms. The Balaban J connectivity index is 1.44. The van der Waals surface area contributed by atoms with Crippen LogP contribution >= 0.6 is 0 Å². The summed E-state index contributed by atoms with van der Waals surface area (Å²) in [5.74, 6) is 0.944. The first kappa shape index (κ1) is 19.3. The van der Waals surface area contributed by atoms with Crippen LogP contribution in [0.5, 0.6) is 11.5 Å². The molecule has 2 aliphatic heterocycles. The molecule has 0 aromatic heterocycles. The number of carbonyl (C=O) groups is 2. The molecule has 152 valence electrons. The van der Waals surface area contributed by atoms with Crippen LogP contribution in [0.2, 0.25) is 0 Å². The van der Waals surface area contributed by atoms with Crippen molar-refractivity contribution in [3.05, 3.63) is 59.7 Å². The molecule has 6 nitrogen and oxygen atoms in total. The predicted octanol–water partition coefficient (Wildman–Crippen LogP) is 3.38. The van der Waals surface area contributed by atoms with Gasteiger partial charge in [-0.25, -0.2) is 0 Å². The van der Waals surface area contributed by atoms with Gasteiger partial charge in [-0.3, -0.25) is 9.59 Å². The smallest absolute Gasteiger partial charge is 0.231 e.